The molecule has 0 amide bonds. The summed E-state index contributed by atoms with van der Waals surface area (Å²) in [5.74, 6) is -0.710. The number of halogens is 4. The molecule has 0 saturated heterocycles. The molecule has 3 aromatic rings. The van der Waals surface area contributed by atoms with Crippen LogP contribution in [0.5, 0.6) is 5.75 Å². The van der Waals surface area contributed by atoms with Gasteiger partial charge in [0, 0.05) is 17.5 Å². The quantitative estimate of drug-likeness (QED) is 0.519. The summed E-state index contributed by atoms with van der Waals surface area (Å²) in [5, 5.41) is 21.1. The number of benzene rings is 2. The zero-order valence-corrected chi connectivity index (χ0v) is 15.4. The van der Waals surface area contributed by atoms with Gasteiger partial charge in [0.25, 0.3) is 0 Å². The molecule has 1 atom stereocenters. The number of aromatic hydroxyl groups is 1. The van der Waals surface area contributed by atoms with Crippen LogP contribution in [0.15, 0.2) is 48.5 Å². The lowest BCUT2D eigenvalue weighted by Gasteiger charge is -2.38. The molecular formula is C21H21F4NO2. The van der Waals surface area contributed by atoms with Crippen molar-refractivity contribution in [2.75, 3.05) is 0 Å². The summed E-state index contributed by atoms with van der Waals surface area (Å²) in [6.07, 6.45) is -6.37. The number of aliphatic hydroxyl groups is 1. The molecule has 28 heavy (non-hydrogen) atoms. The van der Waals surface area contributed by atoms with Gasteiger partial charge in [-0.1, -0.05) is 44.2 Å². The third-order valence-corrected chi connectivity index (χ3v) is 5.04. The first-order valence-corrected chi connectivity index (χ1v) is 8.77. The second-order valence-electron chi connectivity index (χ2n) is 7.78. The van der Waals surface area contributed by atoms with E-state index in [-0.39, 0.29) is 17.0 Å². The van der Waals surface area contributed by atoms with E-state index < -0.39 is 35.9 Å². The molecule has 1 aromatic heterocycles. The lowest BCUT2D eigenvalue weighted by atomic mass is 9.73. The molecule has 0 aliphatic rings. The van der Waals surface area contributed by atoms with Crippen molar-refractivity contribution in [2.45, 2.75) is 43.9 Å². The zero-order valence-electron chi connectivity index (χ0n) is 15.4. The maximum Gasteiger partial charge on any atom is 0.417 e. The highest BCUT2D eigenvalue weighted by Gasteiger charge is 2.56. The molecule has 150 valence electrons. The summed E-state index contributed by atoms with van der Waals surface area (Å²) in [6.45, 7) is 3.06. The smallest absolute Gasteiger partial charge is 0.417 e. The van der Waals surface area contributed by atoms with E-state index in [4.69, 9.17) is 0 Å². The highest BCUT2D eigenvalue weighted by molar-refractivity contribution is 5.80. The molecule has 1 heterocycles. The number of aromatic amines is 1. The van der Waals surface area contributed by atoms with Crippen LogP contribution in [-0.2, 0) is 11.8 Å². The molecule has 0 aliphatic heterocycles. The molecule has 0 saturated carbocycles. The average molecular weight is 395 g/mol. The number of H-pyrrole nitrogens is 1. The Bertz CT molecular complexity index is 993. The van der Waals surface area contributed by atoms with Gasteiger partial charge in [-0.2, -0.15) is 13.2 Å². The topological polar surface area (TPSA) is 56.2 Å². The number of alkyl halides is 3. The van der Waals surface area contributed by atoms with Crippen molar-refractivity contribution in [1.82, 2.24) is 4.98 Å². The van der Waals surface area contributed by atoms with E-state index in [1.54, 1.807) is 18.2 Å². The minimum Gasteiger partial charge on any atom is -0.508 e. The van der Waals surface area contributed by atoms with Gasteiger partial charge in [-0.25, -0.2) is 4.39 Å². The van der Waals surface area contributed by atoms with Crippen molar-refractivity contribution in [1.29, 1.82) is 0 Å². The van der Waals surface area contributed by atoms with Gasteiger partial charge >= 0.3 is 6.18 Å². The third-order valence-electron chi connectivity index (χ3n) is 5.04. The summed E-state index contributed by atoms with van der Waals surface area (Å²) in [6, 6.07) is 11.8. The van der Waals surface area contributed by atoms with E-state index in [1.165, 1.54) is 44.2 Å². The lowest BCUT2D eigenvalue weighted by molar-refractivity contribution is -0.266. The third kappa shape index (κ3) is 3.71. The highest BCUT2D eigenvalue weighted by Crippen LogP contribution is 2.44. The Labute approximate surface area is 159 Å². The van der Waals surface area contributed by atoms with Gasteiger partial charge in [0.1, 0.15) is 11.6 Å². The van der Waals surface area contributed by atoms with Gasteiger partial charge in [-0.3, -0.25) is 0 Å². The van der Waals surface area contributed by atoms with Crippen molar-refractivity contribution in [3.05, 3.63) is 65.6 Å². The molecule has 0 spiro atoms. The van der Waals surface area contributed by atoms with Crippen LogP contribution >= 0.6 is 0 Å². The fourth-order valence-electron chi connectivity index (χ4n) is 3.72. The van der Waals surface area contributed by atoms with Crippen molar-refractivity contribution >= 4 is 10.9 Å². The first kappa shape index (κ1) is 20.2. The van der Waals surface area contributed by atoms with Gasteiger partial charge in [-0.05, 0) is 35.6 Å². The van der Waals surface area contributed by atoms with E-state index in [9.17, 15) is 27.8 Å². The van der Waals surface area contributed by atoms with Crippen LogP contribution in [0, 0.1) is 5.82 Å². The minimum atomic E-state index is -4.93. The van der Waals surface area contributed by atoms with E-state index >= 15 is 0 Å². The molecular weight excluding hydrogens is 374 g/mol. The number of rotatable bonds is 5. The largest absolute Gasteiger partial charge is 0.508 e. The van der Waals surface area contributed by atoms with E-state index in [1.807, 2.05) is 0 Å². The summed E-state index contributed by atoms with van der Waals surface area (Å²) < 4.78 is 55.5. The molecule has 0 fully saturated rings. The van der Waals surface area contributed by atoms with Gasteiger partial charge in [0.05, 0.1) is 5.52 Å². The number of hydrogen-bond donors (Lipinski definition) is 3. The Balaban J connectivity index is 1.98. The predicted octanol–water partition coefficient (Wildman–Crippen LogP) is 5.22. The van der Waals surface area contributed by atoms with Gasteiger partial charge in [0.15, 0.2) is 5.60 Å². The molecule has 0 aliphatic carbocycles. The van der Waals surface area contributed by atoms with Crippen LogP contribution in [0.4, 0.5) is 17.6 Å². The molecule has 0 bridgehead atoms. The summed E-state index contributed by atoms with van der Waals surface area (Å²) in [7, 11) is 0. The van der Waals surface area contributed by atoms with E-state index in [2.05, 4.69) is 4.98 Å². The number of phenols is 1. The molecule has 3 N–H and O–H groups in total. The van der Waals surface area contributed by atoms with Crippen LogP contribution < -0.4 is 0 Å². The number of para-hydroxylation sites is 2. The molecule has 2 aromatic carbocycles. The first-order chi connectivity index (χ1) is 12.9. The van der Waals surface area contributed by atoms with Crippen molar-refractivity contribution in [3.8, 4) is 5.75 Å². The molecule has 7 heteroatoms. The average Bonchev–Trinajstić information content (AvgIpc) is 2.97. The fourth-order valence-corrected chi connectivity index (χ4v) is 3.72. The number of phenolic OH excluding ortho intramolecular Hbond substituents is 1. The van der Waals surface area contributed by atoms with E-state index in [0.29, 0.717) is 10.9 Å². The Morgan fingerprint density at radius 1 is 1.00 bits per heavy atom. The maximum absolute atomic E-state index is 13.9. The SMILES string of the molecule is CC(C)(CC(O)(Cc1cc2cccc(F)c2[nH]1)C(F)(F)F)c1ccccc1O. The van der Waals surface area contributed by atoms with Gasteiger partial charge in [0.2, 0.25) is 0 Å². The highest BCUT2D eigenvalue weighted by atomic mass is 19.4. The van der Waals surface area contributed by atoms with Gasteiger partial charge in [-0.15, -0.1) is 0 Å². The van der Waals surface area contributed by atoms with Crippen LogP contribution in [-0.4, -0.2) is 27.0 Å². The maximum atomic E-state index is 13.9. The Morgan fingerprint density at radius 3 is 2.29 bits per heavy atom. The second-order valence-corrected chi connectivity index (χ2v) is 7.78. The summed E-state index contributed by atoms with van der Waals surface area (Å²) in [4.78, 5) is 2.64. The number of aromatic nitrogens is 1. The predicted molar refractivity (Wildman–Crippen MR) is 98.7 cm³/mol. The number of hydrogen-bond acceptors (Lipinski definition) is 2. The molecule has 3 rings (SSSR count). The lowest BCUT2D eigenvalue weighted by Crippen LogP contribution is -2.50. The monoisotopic (exact) mass is 395 g/mol. The fraction of sp³-hybridized carbons (Fsp3) is 0.333. The van der Waals surface area contributed by atoms with E-state index in [0.717, 1.165) is 0 Å². The number of fused-ring (bicyclic) bond motifs is 1. The molecule has 3 nitrogen and oxygen atoms in total. The first-order valence-electron chi connectivity index (χ1n) is 8.77. The van der Waals surface area contributed by atoms with Crippen molar-refractivity contribution in [2.24, 2.45) is 0 Å². The minimum absolute atomic E-state index is 0.0769. The Kier molecular flexibility index (Phi) is 4.91. The Hall–Kier alpha value is -2.54. The van der Waals surface area contributed by atoms with Crippen LogP contribution in [0.2, 0.25) is 0 Å². The van der Waals surface area contributed by atoms with Crippen molar-refractivity contribution < 1.29 is 27.8 Å². The summed E-state index contributed by atoms with van der Waals surface area (Å²) >= 11 is 0. The Morgan fingerprint density at radius 2 is 1.68 bits per heavy atom. The zero-order chi connectivity index (χ0) is 20.7. The van der Waals surface area contributed by atoms with Crippen molar-refractivity contribution in [3.63, 3.8) is 0 Å². The molecule has 1 unspecified atom stereocenters. The number of nitrogens with one attached hydrogen (secondary N) is 1. The second kappa shape index (κ2) is 6.81. The van der Waals surface area contributed by atoms with Crippen LogP contribution in [0.25, 0.3) is 10.9 Å². The standard InChI is InChI=1S/C21H21F4NO2/c1-19(2,15-7-3-4-9-17(15)27)12-20(28,21(23,24)25)11-14-10-13-6-5-8-16(22)18(13)26-14/h3-10,26-28H,11-12H2,1-2H3. The van der Waals surface area contributed by atoms with Crippen LogP contribution in [0.3, 0.4) is 0 Å². The van der Waals surface area contributed by atoms with Crippen LogP contribution in [0.1, 0.15) is 31.5 Å². The summed E-state index contributed by atoms with van der Waals surface area (Å²) in [5.41, 5.74) is -3.77. The van der Waals surface area contributed by atoms with Gasteiger partial charge < -0.3 is 15.2 Å². The molecule has 0 radical (unpaired) electrons. The normalized spacial score (nSPS) is 15.0.